The Morgan fingerprint density at radius 3 is 0.971 bits per heavy atom. The Morgan fingerprint density at radius 2 is 0.716 bits per heavy atom. The van der Waals surface area contributed by atoms with Gasteiger partial charge in [0.15, 0.2) is 0 Å². The summed E-state index contributed by atoms with van der Waals surface area (Å²) in [5.74, 6) is 1.32. The molecule has 8 aromatic rings. The molecule has 29 heteroatoms. The molecule has 8 aliphatic rings. The molecule has 4 aromatic heterocycles. The monoisotopic (exact) mass is 1420 g/mol. The molecular formula is C73H79F7N12O10. The van der Waals surface area contributed by atoms with Gasteiger partial charge in [-0.2, -0.15) is 33.6 Å². The second kappa shape index (κ2) is 30.8. The SMILES string of the molecule is CC1(C(F)(F)F)CC(CN2CCn3nc(COc4cccc(F)c4)cc3C2=O)C1.CC1CC(CN2CCn3nc(COc4cccc(F)c4)cc3C2=O)C1.O=C1c2cc(COc3cccc(F)c3)nn2CCN1C[C@@H]1CCO1.O=C1c2cc(COc3cccc(F)c3)nn2CCN1C[C@H]1CCO1. The number of carbonyl (C=O) groups is 4. The third kappa shape index (κ3) is 17.1. The van der Waals surface area contributed by atoms with Gasteiger partial charge >= 0.3 is 6.18 Å². The van der Waals surface area contributed by atoms with Crippen molar-refractivity contribution in [1.82, 2.24) is 58.7 Å². The minimum atomic E-state index is -4.20. The molecule has 0 N–H and O–H groups in total. The molecule has 2 saturated carbocycles. The number of ether oxygens (including phenoxy) is 6. The molecule has 2 aliphatic carbocycles. The van der Waals surface area contributed by atoms with Crippen LogP contribution in [-0.4, -0.2) is 166 Å². The molecule has 4 aromatic carbocycles. The summed E-state index contributed by atoms with van der Waals surface area (Å²) in [6.07, 6.45) is 0.679. The molecule has 102 heavy (non-hydrogen) atoms. The van der Waals surface area contributed by atoms with Crippen LogP contribution in [0.25, 0.3) is 0 Å². The molecule has 6 aliphatic heterocycles. The molecule has 2 atom stereocenters. The number of carbonyl (C=O) groups excluding carboxylic acids is 4. The van der Waals surface area contributed by atoms with Gasteiger partial charge < -0.3 is 48.0 Å². The summed E-state index contributed by atoms with van der Waals surface area (Å²) in [6, 6.07) is 30.6. The quantitative estimate of drug-likeness (QED) is 0.0651. The van der Waals surface area contributed by atoms with E-state index in [1.54, 1.807) is 90.4 Å². The summed E-state index contributed by atoms with van der Waals surface area (Å²) in [5, 5.41) is 17.6. The molecule has 0 bridgehead atoms. The maximum absolute atomic E-state index is 13.2. The van der Waals surface area contributed by atoms with Crippen molar-refractivity contribution in [2.45, 2.75) is 123 Å². The molecule has 0 radical (unpaired) electrons. The van der Waals surface area contributed by atoms with Crippen molar-refractivity contribution >= 4 is 23.6 Å². The van der Waals surface area contributed by atoms with Crippen molar-refractivity contribution in [2.24, 2.45) is 23.2 Å². The first-order chi connectivity index (χ1) is 49.1. The van der Waals surface area contributed by atoms with E-state index >= 15 is 0 Å². The van der Waals surface area contributed by atoms with E-state index in [9.17, 15) is 49.9 Å². The fourth-order valence-corrected chi connectivity index (χ4v) is 13.8. The van der Waals surface area contributed by atoms with Gasteiger partial charge in [-0.05, 0) is 129 Å². The first kappa shape index (κ1) is 70.7. The lowest BCUT2D eigenvalue weighted by molar-refractivity contribution is -0.256. The average molecular weight is 1420 g/mol. The zero-order valence-corrected chi connectivity index (χ0v) is 56.5. The molecule has 16 rings (SSSR count). The van der Waals surface area contributed by atoms with Crippen LogP contribution in [0, 0.1) is 46.4 Å². The Kier molecular flexibility index (Phi) is 21.4. The molecule has 22 nitrogen and oxygen atoms in total. The van der Waals surface area contributed by atoms with Gasteiger partial charge in [0.2, 0.25) is 0 Å². The van der Waals surface area contributed by atoms with Crippen molar-refractivity contribution in [3.63, 3.8) is 0 Å². The molecule has 0 spiro atoms. The maximum atomic E-state index is 13.2. The highest BCUT2D eigenvalue weighted by Crippen LogP contribution is 2.56. The van der Waals surface area contributed by atoms with E-state index < -0.39 is 17.4 Å². The van der Waals surface area contributed by atoms with Crippen LogP contribution in [0.1, 0.15) is 117 Å². The second-order valence-electron chi connectivity index (χ2n) is 27.3. The first-order valence-electron chi connectivity index (χ1n) is 34.4. The minimum absolute atomic E-state index is 0.0266. The normalized spacial score (nSPS) is 21.7. The molecule has 10 heterocycles. The molecule has 4 fully saturated rings. The van der Waals surface area contributed by atoms with E-state index in [0.717, 1.165) is 38.5 Å². The van der Waals surface area contributed by atoms with Crippen LogP contribution in [0.2, 0.25) is 0 Å². The standard InChI is InChI=1S/C20H21F4N3O2.C19H22FN3O2.2C17H18FN3O3/c1-19(20(22,23)24)9-13(10-19)11-26-5-6-27-17(18(26)28)8-15(25-27)12-29-16-4-2-3-14(21)7-16;1-13-7-14(8-13)11-22-5-6-23-18(19(22)24)10-16(21-23)12-25-17-4-2-3-15(20)9-17;2*18-12-2-1-3-14(8-12)24-11-13-9-16-17(22)20(5-6-21(16)19-13)10-15-4-7-23-15/h2-4,7-8,13H,5-6,9-12H2,1H3;2-4,9-10,13-14H,5-8,11-12H2,1H3;2*1-3,8-9,15H,4-7,10-11H2/t;;2*15-/m..10/s1. The Balaban J connectivity index is 0.000000122. The number of aromatic nitrogens is 8. The second-order valence-corrected chi connectivity index (χ2v) is 27.3. The van der Waals surface area contributed by atoms with E-state index in [0.29, 0.717) is 146 Å². The number of hydrogen-bond donors (Lipinski definition) is 0. The van der Waals surface area contributed by atoms with E-state index in [1.807, 2.05) is 14.7 Å². The summed E-state index contributed by atoms with van der Waals surface area (Å²) in [6.45, 7) is 13.1. The van der Waals surface area contributed by atoms with E-state index in [4.69, 9.17) is 28.4 Å². The zero-order valence-electron chi connectivity index (χ0n) is 56.5. The van der Waals surface area contributed by atoms with Crippen molar-refractivity contribution in [3.8, 4) is 23.0 Å². The lowest BCUT2D eigenvalue weighted by Gasteiger charge is -2.47. The van der Waals surface area contributed by atoms with Gasteiger partial charge in [0.25, 0.3) is 23.6 Å². The Labute approximate surface area is 583 Å². The van der Waals surface area contributed by atoms with Gasteiger partial charge in [-0.25, -0.2) is 17.6 Å². The fourth-order valence-electron chi connectivity index (χ4n) is 13.8. The Hall–Kier alpha value is -9.77. The van der Waals surface area contributed by atoms with E-state index in [2.05, 4.69) is 27.3 Å². The first-order valence-corrected chi connectivity index (χ1v) is 34.4. The van der Waals surface area contributed by atoms with Crippen LogP contribution < -0.4 is 18.9 Å². The zero-order chi connectivity index (χ0) is 71.2. The van der Waals surface area contributed by atoms with Crippen molar-refractivity contribution < 1.29 is 78.3 Å². The average Bonchev–Trinajstić information content (AvgIpc) is 1.75. The topological polar surface area (TPSA) is 208 Å². The van der Waals surface area contributed by atoms with Crippen molar-refractivity contribution in [3.05, 3.63) is 190 Å². The van der Waals surface area contributed by atoms with Gasteiger partial charge in [0.05, 0.1) is 43.8 Å². The van der Waals surface area contributed by atoms with Gasteiger partial charge in [0, 0.05) is 89.8 Å². The Morgan fingerprint density at radius 1 is 0.431 bits per heavy atom. The number of nitrogens with zero attached hydrogens (tertiary/aromatic N) is 12. The van der Waals surface area contributed by atoms with Gasteiger partial charge in [0.1, 0.15) is 118 Å². The lowest BCUT2D eigenvalue weighted by atomic mass is 9.62. The van der Waals surface area contributed by atoms with Crippen LogP contribution in [0.4, 0.5) is 30.7 Å². The van der Waals surface area contributed by atoms with Crippen LogP contribution >= 0.6 is 0 Å². The summed E-state index contributed by atoms with van der Waals surface area (Å²) < 4.78 is 131. The number of fused-ring (bicyclic) bond motifs is 4. The number of benzene rings is 4. The smallest absolute Gasteiger partial charge is 0.394 e. The van der Waals surface area contributed by atoms with Crippen LogP contribution in [0.3, 0.4) is 0 Å². The number of amides is 4. The summed E-state index contributed by atoms with van der Waals surface area (Å²) >= 11 is 0. The highest BCUT2D eigenvalue weighted by molar-refractivity contribution is 5.95. The highest BCUT2D eigenvalue weighted by atomic mass is 19.4. The van der Waals surface area contributed by atoms with Crippen molar-refractivity contribution in [2.75, 3.05) is 65.6 Å². The predicted octanol–water partition coefficient (Wildman–Crippen LogP) is 10.8. The van der Waals surface area contributed by atoms with Crippen molar-refractivity contribution in [1.29, 1.82) is 0 Å². The molecule has 540 valence electrons. The van der Waals surface area contributed by atoms with Gasteiger partial charge in [-0.3, -0.25) is 37.9 Å². The van der Waals surface area contributed by atoms with Gasteiger partial charge in [-0.1, -0.05) is 38.1 Å². The van der Waals surface area contributed by atoms with Gasteiger partial charge in [-0.15, -0.1) is 0 Å². The molecule has 2 saturated heterocycles. The van der Waals surface area contributed by atoms with Crippen LogP contribution in [-0.2, 0) is 62.1 Å². The summed E-state index contributed by atoms with van der Waals surface area (Å²) in [5.41, 5.74) is 3.05. The maximum Gasteiger partial charge on any atom is 0.394 e. The fraction of sp³-hybridized carbons (Fsp3) is 0.452. The number of alkyl halides is 3. The Bertz CT molecular complexity index is 4160. The number of rotatable bonds is 20. The third-order valence-corrected chi connectivity index (χ3v) is 19.4. The molecule has 4 amide bonds. The van der Waals surface area contributed by atoms with E-state index in [-0.39, 0.29) is 98.5 Å². The summed E-state index contributed by atoms with van der Waals surface area (Å²) in [4.78, 5) is 57.7. The molecule has 0 unspecified atom stereocenters. The number of halogens is 7. The molecular weight excluding hydrogens is 1340 g/mol. The largest absolute Gasteiger partial charge is 0.487 e. The minimum Gasteiger partial charge on any atom is -0.487 e. The highest BCUT2D eigenvalue weighted by Gasteiger charge is 2.58. The predicted molar refractivity (Wildman–Crippen MR) is 353 cm³/mol. The van der Waals surface area contributed by atoms with E-state index in [1.165, 1.54) is 74.4 Å². The lowest BCUT2D eigenvalue weighted by Crippen LogP contribution is -2.51. The number of hydrogen-bond acceptors (Lipinski definition) is 14. The third-order valence-electron chi connectivity index (χ3n) is 19.4. The summed E-state index contributed by atoms with van der Waals surface area (Å²) in [7, 11) is 0. The van der Waals surface area contributed by atoms with Crippen LogP contribution in [0.15, 0.2) is 121 Å². The van der Waals surface area contributed by atoms with Crippen LogP contribution in [0.5, 0.6) is 23.0 Å².